The topological polar surface area (TPSA) is 138 Å². The van der Waals surface area contributed by atoms with Crippen molar-refractivity contribution in [1.82, 2.24) is 30.6 Å². The number of ether oxygens (including phenoxy) is 1. The first-order valence-corrected chi connectivity index (χ1v) is 14.4. The van der Waals surface area contributed by atoms with Crippen LogP contribution in [0, 0.1) is 16.6 Å². The Labute approximate surface area is 253 Å². The predicted octanol–water partition coefficient (Wildman–Crippen LogP) is 7.35. The summed E-state index contributed by atoms with van der Waals surface area (Å²) in [4.78, 5) is 15.8. The van der Waals surface area contributed by atoms with Gasteiger partial charge in [-0.05, 0) is 107 Å². The summed E-state index contributed by atoms with van der Waals surface area (Å²) in [6.45, 7) is 7.96. The number of halogens is 1. The molecule has 44 heavy (non-hydrogen) atoms. The van der Waals surface area contributed by atoms with Crippen LogP contribution in [-0.4, -0.2) is 43.7 Å². The highest BCUT2D eigenvalue weighted by molar-refractivity contribution is 6.00. The zero-order valence-electron chi connectivity index (χ0n) is 24.8. The van der Waals surface area contributed by atoms with E-state index in [1.54, 1.807) is 24.3 Å². The summed E-state index contributed by atoms with van der Waals surface area (Å²) in [5, 5.41) is 22.7. The van der Waals surface area contributed by atoms with Gasteiger partial charge < -0.3 is 25.3 Å². The Morgan fingerprint density at radius 3 is 1.68 bits per heavy atom. The minimum Gasteiger partial charge on any atom is -0.454 e. The number of amidine groups is 2. The summed E-state index contributed by atoms with van der Waals surface area (Å²) in [7, 11) is 0. The van der Waals surface area contributed by atoms with Gasteiger partial charge in [0.2, 0.25) is 0 Å². The largest absolute Gasteiger partial charge is 0.454 e. The second-order valence-corrected chi connectivity index (χ2v) is 11.3. The Hall–Kier alpha value is -5.51. The van der Waals surface area contributed by atoms with Crippen molar-refractivity contribution < 1.29 is 9.13 Å². The third-order valence-electron chi connectivity index (χ3n) is 6.97. The highest BCUT2D eigenvalue weighted by atomic mass is 19.1. The lowest BCUT2D eigenvalue weighted by Crippen LogP contribution is -2.30. The lowest BCUT2D eigenvalue weighted by molar-refractivity contribution is 0.442. The Balaban J connectivity index is 1.16. The Bertz CT molecular complexity index is 2010. The van der Waals surface area contributed by atoms with Crippen molar-refractivity contribution in [2.45, 2.75) is 39.8 Å². The first kappa shape index (κ1) is 28.6. The molecule has 2 aromatic heterocycles. The van der Waals surface area contributed by atoms with Crippen molar-refractivity contribution in [2.24, 2.45) is 0 Å². The van der Waals surface area contributed by atoms with Crippen LogP contribution < -0.4 is 15.4 Å². The van der Waals surface area contributed by atoms with E-state index >= 15 is 4.39 Å². The van der Waals surface area contributed by atoms with E-state index in [4.69, 9.17) is 15.6 Å². The lowest BCUT2D eigenvalue weighted by Gasteiger charge is -2.10. The molecule has 6 N–H and O–H groups in total. The second kappa shape index (κ2) is 11.6. The number of imidazole rings is 2. The summed E-state index contributed by atoms with van der Waals surface area (Å²) < 4.78 is 21.0. The van der Waals surface area contributed by atoms with Gasteiger partial charge in [-0.2, -0.15) is 0 Å². The fourth-order valence-electron chi connectivity index (χ4n) is 4.89. The number of fused-ring (bicyclic) bond motifs is 2. The molecule has 0 radical (unpaired) electrons. The molecular weight excluding hydrogens is 555 g/mol. The average molecular weight is 589 g/mol. The van der Waals surface area contributed by atoms with Crippen LogP contribution in [0.3, 0.4) is 0 Å². The maximum Gasteiger partial charge on any atom is 0.166 e. The third kappa shape index (κ3) is 6.00. The molecule has 0 amide bonds. The van der Waals surface area contributed by atoms with Gasteiger partial charge in [0.15, 0.2) is 11.6 Å². The molecule has 0 aliphatic rings. The van der Waals surface area contributed by atoms with Gasteiger partial charge in [-0.3, -0.25) is 10.8 Å². The van der Waals surface area contributed by atoms with Gasteiger partial charge in [-0.15, -0.1) is 0 Å². The van der Waals surface area contributed by atoms with Gasteiger partial charge in [0.05, 0.1) is 22.1 Å². The number of hydrogen-bond acceptors (Lipinski definition) is 5. The molecule has 0 atom stereocenters. The average Bonchev–Trinajstić information content (AvgIpc) is 3.61. The van der Waals surface area contributed by atoms with E-state index in [1.165, 1.54) is 6.07 Å². The number of aromatic amines is 2. The Kier molecular flexibility index (Phi) is 7.57. The molecule has 0 aliphatic carbocycles. The molecule has 0 fully saturated rings. The minimum absolute atomic E-state index is 0.0989. The number of aromatic nitrogens is 4. The van der Waals surface area contributed by atoms with Crippen LogP contribution >= 0.6 is 0 Å². The van der Waals surface area contributed by atoms with Gasteiger partial charge in [0.1, 0.15) is 29.1 Å². The molecular formula is C34H33FN8O. The van der Waals surface area contributed by atoms with Gasteiger partial charge in [0.25, 0.3) is 0 Å². The number of H-pyrrole nitrogens is 2. The fraction of sp³-hybridized carbons (Fsp3) is 0.176. The van der Waals surface area contributed by atoms with Crippen molar-refractivity contribution >= 4 is 33.7 Å². The van der Waals surface area contributed by atoms with Gasteiger partial charge in [-0.25, -0.2) is 14.4 Å². The summed E-state index contributed by atoms with van der Waals surface area (Å²) in [6, 6.07) is 23.6. The van der Waals surface area contributed by atoms with E-state index < -0.39 is 5.82 Å². The van der Waals surface area contributed by atoms with E-state index in [-0.39, 0.29) is 17.8 Å². The van der Waals surface area contributed by atoms with Crippen LogP contribution in [0.5, 0.6) is 11.5 Å². The maximum atomic E-state index is 15.2. The maximum absolute atomic E-state index is 15.2. The lowest BCUT2D eigenvalue weighted by atomic mass is 10.1. The predicted molar refractivity (Wildman–Crippen MR) is 173 cm³/mol. The van der Waals surface area contributed by atoms with E-state index in [2.05, 4.69) is 30.6 Å². The number of hydrogen-bond donors (Lipinski definition) is 6. The zero-order chi connectivity index (χ0) is 31.0. The van der Waals surface area contributed by atoms with Gasteiger partial charge >= 0.3 is 0 Å². The van der Waals surface area contributed by atoms with Crippen molar-refractivity contribution in [3.05, 3.63) is 95.8 Å². The smallest absolute Gasteiger partial charge is 0.166 e. The normalized spacial score (nSPS) is 11.4. The van der Waals surface area contributed by atoms with Crippen LogP contribution in [0.1, 0.15) is 38.8 Å². The number of rotatable bonds is 8. The molecule has 2 heterocycles. The molecule has 0 saturated heterocycles. The van der Waals surface area contributed by atoms with Crippen molar-refractivity contribution in [2.75, 3.05) is 0 Å². The van der Waals surface area contributed by atoms with Crippen LogP contribution in [0.4, 0.5) is 4.39 Å². The molecule has 0 unspecified atom stereocenters. The molecule has 0 spiro atoms. The monoisotopic (exact) mass is 588 g/mol. The highest BCUT2D eigenvalue weighted by Gasteiger charge is 2.13. The molecule has 0 bridgehead atoms. The van der Waals surface area contributed by atoms with Crippen molar-refractivity contribution in [1.29, 1.82) is 10.8 Å². The van der Waals surface area contributed by atoms with Crippen LogP contribution in [0.15, 0.2) is 78.9 Å². The van der Waals surface area contributed by atoms with E-state index in [9.17, 15) is 0 Å². The third-order valence-corrected chi connectivity index (χ3v) is 6.97. The Morgan fingerprint density at radius 2 is 1.18 bits per heavy atom. The fourth-order valence-corrected chi connectivity index (χ4v) is 4.89. The first-order chi connectivity index (χ1) is 21.1. The van der Waals surface area contributed by atoms with Crippen molar-refractivity contribution in [3.8, 4) is 34.3 Å². The minimum atomic E-state index is -0.513. The Morgan fingerprint density at radius 1 is 0.682 bits per heavy atom. The van der Waals surface area contributed by atoms with Crippen molar-refractivity contribution in [3.63, 3.8) is 0 Å². The summed E-state index contributed by atoms with van der Waals surface area (Å²) in [5.74, 6) is 1.99. The zero-order valence-corrected chi connectivity index (χ0v) is 24.8. The van der Waals surface area contributed by atoms with E-state index in [0.29, 0.717) is 34.6 Å². The number of benzene rings is 4. The highest BCUT2D eigenvalue weighted by Crippen LogP contribution is 2.31. The number of nitrogens with one attached hydrogen (secondary N) is 6. The summed E-state index contributed by atoms with van der Waals surface area (Å²) >= 11 is 0. The standard InChI is InChI=1S/C34H33FN8O/c1-18(2)38-31(36)21-7-12-26-28(16-21)42-33(40-26)20-5-10-24(11-6-20)44-30-14-9-23(15-25(30)35)34-41-27-13-8-22(17-29(27)43-34)32(37)39-19(3)4/h5-19H,1-4H3,(H2,36,38)(H2,37,39)(H,40,42)(H,41,43). The quantitative estimate of drug-likeness (QED) is 0.0815. The first-order valence-electron chi connectivity index (χ1n) is 14.4. The second-order valence-electron chi connectivity index (χ2n) is 11.3. The molecule has 4 aromatic carbocycles. The van der Waals surface area contributed by atoms with Gasteiger partial charge in [0, 0.05) is 34.3 Å². The van der Waals surface area contributed by atoms with E-state index in [0.717, 1.165) is 38.8 Å². The van der Waals surface area contributed by atoms with Crippen LogP contribution in [-0.2, 0) is 0 Å². The molecule has 0 saturated carbocycles. The molecule has 222 valence electrons. The summed E-state index contributed by atoms with van der Waals surface area (Å²) in [5.41, 5.74) is 6.09. The van der Waals surface area contributed by atoms with Crippen LogP contribution in [0.25, 0.3) is 44.8 Å². The van der Waals surface area contributed by atoms with E-state index in [1.807, 2.05) is 76.2 Å². The molecule has 9 nitrogen and oxygen atoms in total. The number of nitrogens with zero attached hydrogens (tertiary/aromatic N) is 2. The van der Waals surface area contributed by atoms with Gasteiger partial charge in [-0.1, -0.05) is 0 Å². The molecule has 6 rings (SSSR count). The molecule has 0 aliphatic heterocycles. The summed E-state index contributed by atoms with van der Waals surface area (Å²) in [6.07, 6.45) is 0. The van der Waals surface area contributed by atoms with Crippen LogP contribution in [0.2, 0.25) is 0 Å². The molecule has 6 aromatic rings. The SMILES string of the molecule is CC(C)NC(=N)c1ccc2nc(-c3ccc(Oc4ccc(-c5nc6ccc(C(=N)NC(C)C)cc6[nH]5)cc4F)cc3)[nH]c2c1. The molecule has 10 heteroatoms.